The van der Waals surface area contributed by atoms with Crippen LogP contribution in [0.1, 0.15) is 149 Å². The molecule has 1 atom stereocenters. The van der Waals surface area contributed by atoms with Crippen LogP contribution < -0.4 is 0 Å². The number of unbranched alkanes of at least 4 members (excludes halogenated alkanes) is 15. The highest BCUT2D eigenvalue weighted by molar-refractivity contribution is 5.70. The summed E-state index contributed by atoms with van der Waals surface area (Å²) in [6.07, 6.45) is 30.9. The molecule has 0 saturated carbocycles. The van der Waals surface area contributed by atoms with E-state index in [1.807, 2.05) is 0 Å². The minimum atomic E-state index is -0.768. The predicted molar refractivity (Wildman–Crippen MR) is 155 cm³/mol. The molecule has 0 amide bonds. The number of hydrogen-bond acceptors (Lipinski definition) is 5. The second-order valence-corrected chi connectivity index (χ2v) is 10.2. The number of esters is 2. The summed E-state index contributed by atoms with van der Waals surface area (Å²) in [5.41, 5.74) is 0. The van der Waals surface area contributed by atoms with Gasteiger partial charge < -0.3 is 14.6 Å². The molecule has 0 aliphatic rings. The molecule has 0 aliphatic carbocycles. The van der Waals surface area contributed by atoms with Crippen molar-refractivity contribution in [3.8, 4) is 0 Å². The van der Waals surface area contributed by atoms with Crippen molar-refractivity contribution in [2.75, 3.05) is 13.2 Å². The maximum Gasteiger partial charge on any atom is 0.306 e. The molecule has 0 radical (unpaired) electrons. The number of carbonyl (C=O) groups excluding carboxylic acids is 2. The topological polar surface area (TPSA) is 72.8 Å². The van der Waals surface area contributed by atoms with Gasteiger partial charge in [0.2, 0.25) is 0 Å². The predicted octanol–water partition coefficient (Wildman–Crippen LogP) is 8.78. The molecule has 5 nitrogen and oxygen atoms in total. The zero-order chi connectivity index (χ0) is 27.2. The van der Waals surface area contributed by atoms with Gasteiger partial charge in [0.25, 0.3) is 0 Å². The second kappa shape index (κ2) is 28.9. The van der Waals surface area contributed by atoms with Gasteiger partial charge in [-0.15, -0.1) is 0 Å². The van der Waals surface area contributed by atoms with Crippen LogP contribution in [0.25, 0.3) is 0 Å². The zero-order valence-corrected chi connectivity index (χ0v) is 24.2. The number of rotatable bonds is 27. The monoisotopic (exact) mass is 522 g/mol. The van der Waals surface area contributed by atoms with Crippen LogP contribution in [0.3, 0.4) is 0 Å². The van der Waals surface area contributed by atoms with E-state index in [1.54, 1.807) is 0 Å². The van der Waals surface area contributed by atoms with Gasteiger partial charge >= 0.3 is 11.9 Å². The lowest BCUT2D eigenvalue weighted by Crippen LogP contribution is -2.28. The Balaban J connectivity index is 3.62. The summed E-state index contributed by atoms with van der Waals surface area (Å²) in [7, 11) is 0. The van der Waals surface area contributed by atoms with Crippen molar-refractivity contribution in [2.24, 2.45) is 0 Å². The van der Waals surface area contributed by atoms with Crippen molar-refractivity contribution < 1.29 is 24.2 Å². The minimum Gasteiger partial charge on any atom is -0.462 e. The number of carbonyl (C=O) groups is 2. The van der Waals surface area contributed by atoms with Crippen LogP contribution >= 0.6 is 0 Å². The van der Waals surface area contributed by atoms with Crippen LogP contribution in [0, 0.1) is 0 Å². The molecule has 0 aromatic heterocycles. The minimum absolute atomic E-state index is 0.0707. The Morgan fingerprint density at radius 1 is 0.622 bits per heavy atom. The highest BCUT2D eigenvalue weighted by atomic mass is 16.6. The Bertz CT molecular complexity index is 570. The van der Waals surface area contributed by atoms with Crippen LogP contribution in [0.2, 0.25) is 0 Å². The van der Waals surface area contributed by atoms with Crippen molar-refractivity contribution in [1.82, 2.24) is 0 Å². The quantitative estimate of drug-likeness (QED) is 0.0663. The largest absolute Gasteiger partial charge is 0.462 e. The van der Waals surface area contributed by atoms with Crippen LogP contribution in [-0.2, 0) is 19.1 Å². The zero-order valence-electron chi connectivity index (χ0n) is 24.2. The number of allylic oxidation sites excluding steroid dienone is 4. The third kappa shape index (κ3) is 27.2. The van der Waals surface area contributed by atoms with Crippen LogP contribution in [0.5, 0.6) is 0 Å². The van der Waals surface area contributed by atoms with E-state index in [2.05, 4.69) is 38.2 Å². The van der Waals surface area contributed by atoms with Gasteiger partial charge in [0.05, 0.1) is 6.61 Å². The van der Waals surface area contributed by atoms with E-state index < -0.39 is 6.10 Å². The molecule has 216 valence electrons. The standard InChI is InChI=1S/C32H58O5/c1-3-5-7-9-11-13-14-15-16-17-18-19-21-22-24-26-31(34)36-29-30(28-33)37-32(35)27-25-23-20-12-10-8-6-4-2/h11,13,15-16,30,33H,3-10,12,14,17-29H2,1-2H3/b13-11+,16-15+/t30-/m0/s1. The number of hydrogen-bond donors (Lipinski definition) is 1. The summed E-state index contributed by atoms with van der Waals surface area (Å²) in [5, 5.41) is 9.44. The average Bonchev–Trinajstić information content (AvgIpc) is 2.90. The molecule has 0 bridgehead atoms. The van der Waals surface area contributed by atoms with Gasteiger partial charge in [0.1, 0.15) is 6.61 Å². The lowest BCUT2D eigenvalue weighted by molar-refractivity contribution is -0.161. The highest BCUT2D eigenvalue weighted by Gasteiger charge is 2.16. The van der Waals surface area contributed by atoms with E-state index in [4.69, 9.17) is 9.47 Å². The average molecular weight is 523 g/mol. The van der Waals surface area contributed by atoms with E-state index >= 15 is 0 Å². The Morgan fingerprint density at radius 2 is 1.08 bits per heavy atom. The fraction of sp³-hybridized carbons (Fsp3) is 0.812. The van der Waals surface area contributed by atoms with E-state index in [9.17, 15) is 14.7 Å². The first kappa shape index (κ1) is 35.4. The number of ether oxygens (including phenoxy) is 2. The lowest BCUT2D eigenvalue weighted by atomic mass is 10.1. The smallest absolute Gasteiger partial charge is 0.306 e. The van der Waals surface area contributed by atoms with Crippen molar-refractivity contribution in [3.63, 3.8) is 0 Å². The van der Waals surface area contributed by atoms with Crippen molar-refractivity contribution in [3.05, 3.63) is 24.3 Å². The van der Waals surface area contributed by atoms with Gasteiger partial charge in [-0.05, 0) is 44.9 Å². The molecular weight excluding hydrogens is 464 g/mol. The van der Waals surface area contributed by atoms with Gasteiger partial charge in [-0.3, -0.25) is 9.59 Å². The van der Waals surface area contributed by atoms with Crippen molar-refractivity contribution in [1.29, 1.82) is 0 Å². The fourth-order valence-electron chi connectivity index (χ4n) is 4.11. The highest BCUT2D eigenvalue weighted by Crippen LogP contribution is 2.11. The molecule has 0 saturated heterocycles. The van der Waals surface area contributed by atoms with Crippen molar-refractivity contribution in [2.45, 2.75) is 155 Å². The molecule has 37 heavy (non-hydrogen) atoms. The van der Waals surface area contributed by atoms with Crippen LogP contribution in [0.4, 0.5) is 0 Å². The van der Waals surface area contributed by atoms with E-state index in [0.717, 1.165) is 51.4 Å². The third-order valence-corrected chi connectivity index (χ3v) is 6.50. The van der Waals surface area contributed by atoms with Gasteiger partial charge in [-0.2, -0.15) is 0 Å². The molecule has 1 N–H and O–H groups in total. The van der Waals surface area contributed by atoms with Gasteiger partial charge in [0, 0.05) is 12.8 Å². The Labute approximate surface area is 228 Å². The van der Waals surface area contributed by atoms with E-state index in [1.165, 1.54) is 70.6 Å². The SMILES string of the molecule is CCCCC/C=C/C/C=C/CCCCCCCC(=O)OC[C@H](CO)OC(=O)CCCCCCCCCC. The first-order valence-electron chi connectivity index (χ1n) is 15.4. The van der Waals surface area contributed by atoms with Crippen LogP contribution in [-0.4, -0.2) is 36.4 Å². The summed E-state index contributed by atoms with van der Waals surface area (Å²) < 4.78 is 10.5. The Hall–Kier alpha value is -1.62. The summed E-state index contributed by atoms with van der Waals surface area (Å²) in [6, 6.07) is 0. The maximum atomic E-state index is 12.0. The maximum absolute atomic E-state index is 12.0. The Kier molecular flexibility index (Phi) is 27.7. The third-order valence-electron chi connectivity index (χ3n) is 6.50. The number of aliphatic hydroxyl groups is 1. The summed E-state index contributed by atoms with van der Waals surface area (Å²) in [4.78, 5) is 23.9. The number of aliphatic hydroxyl groups excluding tert-OH is 1. The molecule has 0 aliphatic heterocycles. The van der Waals surface area contributed by atoms with Gasteiger partial charge in [0.15, 0.2) is 6.10 Å². The Morgan fingerprint density at radius 3 is 1.65 bits per heavy atom. The first-order chi connectivity index (χ1) is 18.1. The molecule has 0 spiro atoms. The molecular formula is C32H58O5. The molecule has 0 aromatic carbocycles. The van der Waals surface area contributed by atoms with Crippen molar-refractivity contribution >= 4 is 11.9 Å². The van der Waals surface area contributed by atoms with Gasteiger partial charge in [-0.25, -0.2) is 0 Å². The summed E-state index contributed by atoms with van der Waals surface area (Å²) in [6.45, 7) is 4.04. The second-order valence-electron chi connectivity index (χ2n) is 10.2. The fourth-order valence-corrected chi connectivity index (χ4v) is 4.11. The normalized spacial score (nSPS) is 12.4. The first-order valence-corrected chi connectivity index (χ1v) is 15.4. The summed E-state index contributed by atoms with van der Waals surface area (Å²) >= 11 is 0. The molecule has 0 aromatic rings. The van der Waals surface area contributed by atoms with Crippen LogP contribution in [0.15, 0.2) is 24.3 Å². The lowest BCUT2D eigenvalue weighted by Gasteiger charge is -2.15. The summed E-state index contributed by atoms with van der Waals surface area (Å²) in [5.74, 6) is -0.613. The molecule has 5 heteroatoms. The molecule has 0 heterocycles. The van der Waals surface area contributed by atoms with E-state index in [0.29, 0.717) is 12.8 Å². The van der Waals surface area contributed by atoms with Gasteiger partial charge in [-0.1, -0.05) is 115 Å². The molecule has 0 unspecified atom stereocenters. The molecule has 0 rings (SSSR count). The molecule has 0 fully saturated rings. The van der Waals surface area contributed by atoms with E-state index in [-0.39, 0.29) is 25.2 Å².